The van der Waals surface area contributed by atoms with E-state index in [9.17, 15) is 4.79 Å². The van der Waals surface area contributed by atoms with Gasteiger partial charge in [-0.15, -0.1) is 0 Å². The molecule has 19 heavy (non-hydrogen) atoms. The molecule has 1 aromatic carbocycles. The van der Waals surface area contributed by atoms with Crippen molar-refractivity contribution in [1.29, 1.82) is 0 Å². The molecule has 1 unspecified atom stereocenters. The average molecular weight is 262 g/mol. The molecule has 0 bridgehead atoms. The van der Waals surface area contributed by atoms with Crippen molar-refractivity contribution < 1.29 is 9.90 Å². The van der Waals surface area contributed by atoms with E-state index in [0.717, 1.165) is 12.2 Å². The summed E-state index contributed by atoms with van der Waals surface area (Å²) in [6.45, 7) is 6.83. The third-order valence-corrected chi connectivity index (χ3v) is 3.47. The Morgan fingerprint density at radius 1 is 1.37 bits per heavy atom. The minimum Gasteiger partial charge on any atom is -0.396 e. The number of anilines is 1. The summed E-state index contributed by atoms with van der Waals surface area (Å²) in [5, 5.41) is 12.2. The molecule has 1 aliphatic rings. The van der Waals surface area contributed by atoms with Crippen LogP contribution in [0.15, 0.2) is 24.3 Å². The fourth-order valence-corrected chi connectivity index (χ4v) is 2.55. The fraction of sp³-hybridized carbons (Fsp3) is 0.533. The Morgan fingerprint density at radius 3 is 2.58 bits per heavy atom. The van der Waals surface area contributed by atoms with E-state index >= 15 is 0 Å². The van der Waals surface area contributed by atoms with E-state index in [1.54, 1.807) is 0 Å². The molecular formula is C15H22N2O2. The van der Waals surface area contributed by atoms with Gasteiger partial charge in [-0.1, -0.05) is 17.7 Å². The second kappa shape index (κ2) is 5.21. The standard InChI is InChI=1S/C15H22N2O2/c1-11-4-6-12(7-5-11)17-10-15(2,3)16-14(19)13(17)8-9-18/h4-7,13,18H,8-10H2,1-3H3,(H,16,19). The lowest BCUT2D eigenvalue weighted by atomic mass is 9.96. The minimum atomic E-state index is -0.291. The van der Waals surface area contributed by atoms with Gasteiger partial charge in [0.1, 0.15) is 6.04 Å². The molecule has 1 amide bonds. The quantitative estimate of drug-likeness (QED) is 0.867. The zero-order valence-corrected chi connectivity index (χ0v) is 11.8. The number of hydrogen-bond donors (Lipinski definition) is 2. The van der Waals surface area contributed by atoms with Crippen LogP contribution in [0.5, 0.6) is 0 Å². The van der Waals surface area contributed by atoms with Gasteiger partial charge in [0.2, 0.25) is 5.91 Å². The lowest BCUT2D eigenvalue weighted by Crippen LogP contribution is -2.65. The molecule has 0 aromatic heterocycles. The van der Waals surface area contributed by atoms with Gasteiger partial charge in [-0.05, 0) is 39.3 Å². The Kier molecular flexibility index (Phi) is 3.80. The maximum atomic E-state index is 12.2. The first-order valence-corrected chi connectivity index (χ1v) is 6.69. The SMILES string of the molecule is Cc1ccc(N2CC(C)(C)NC(=O)C2CCO)cc1. The second-order valence-electron chi connectivity index (χ2n) is 5.86. The molecule has 0 radical (unpaired) electrons. The highest BCUT2D eigenvalue weighted by Gasteiger charge is 2.38. The van der Waals surface area contributed by atoms with E-state index in [1.807, 2.05) is 45.0 Å². The number of carbonyl (C=O) groups is 1. The van der Waals surface area contributed by atoms with E-state index in [-0.39, 0.29) is 24.1 Å². The fourth-order valence-electron chi connectivity index (χ4n) is 2.55. The zero-order chi connectivity index (χ0) is 14.0. The van der Waals surface area contributed by atoms with E-state index in [0.29, 0.717) is 6.42 Å². The van der Waals surface area contributed by atoms with Crippen LogP contribution in [0.25, 0.3) is 0 Å². The molecule has 0 aliphatic carbocycles. The highest BCUT2D eigenvalue weighted by atomic mass is 16.3. The van der Waals surface area contributed by atoms with Crippen molar-refractivity contribution in [2.45, 2.75) is 38.8 Å². The number of nitrogens with zero attached hydrogens (tertiary/aromatic N) is 1. The van der Waals surface area contributed by atoms with Crippen molar-refractivity contribution in [1.82, 2.24) is 5.32 Å². The monoisotopic (exact) mass is 262 g/mol. The Balaban J connectivity index is 2.31. The molecule has 1 atom stereocenters. The summed E-state index contributed by atoms with van der Waals surface area (Å²) in [4.78, 5) is 14.3. The van der Waals surface area contributed by atoms with E-state index in [2.05, 4.69) is 10.2 Å². The summed E-state index contributed by atoms with van der Waals surface area (Å²) in [5.41, 5.74) is 1.98. The lowest BCUT2D eigenvalue weighted by molar-refractivity contribution is -0.125. The summed E-state index contributed by atoms with van der Waals surface area (Å²) >= 11 is 0. The van der Waals surface area contributed by atoms with Crippen LogP contribution in [0.2, 0.25) is 0 Å². The number of nitrogens with one attached hydrogen (secondary N) is 1. The highest BCUT2D eigenvalue weighted by molar-refractivity contribution is 5.87. The zero-order valence-electron chi connectivity index (χ0n) is 11.8. The number of carbonyl (C=O) groups excluding carboxylic acids is 1. The molecule has 4 heteroatoms. The van der Waals surface area contributed by atoms with E-state index in [1.165, 1.54) is 5.56 Å². The third kappa shape index (κ3) is 3.07. The topological polar surface area (TPSA) is 52.6 Å². The van der Waals surface area contributed by atoms with Crippen LogP contribution < -0.4 is 10.2 Å². The highest BCUT2D eigenvalue weighted by Crippen LogP contribution is 2.25. The summed E-state index contributed by atoms with van der Waals surface area (Å²) in [6, 6.07) is 7.87. The Hall–Kier alpha value is -1.55. The van der Waals surface area contributed by atoms with E-state index < -0.39 is 0 Å². The molecule has 1 fully saturated rings. The van der Waals surface area contributed by atoms with Crippen LogP contribution in [-0.4, -0.2) is 35.7 Å². The normalized spacial score (nSPS) is 22.2. The largest absolute Gasteiger partial charge is 0.396 e. The molecule has 1 heterocycles. The molecule has 0 saturated carbocycles. The third-order valence-electron chi connectivity index (χ3n) is 3.47. The maximum absolute atomic E-state index is 12.2. The van der Waals surface area contributed by atoms with Crippen LogP contribution in [-0.2, 0) is 4.79 Å². The van der Waals surface area contributed by atoms with Gasteiger partial charge in [0, 0.05) is 18.8 Å². The summed E-state index contributed by atoms with van der Waals surface area (Å²) in [7, 11) is 0. The number of hydrogen-bond acceptors (Lipinski definition) is 3. The van der Waals surface area contributed by atoms with Crippen molar-refractivity contribution in [3.05, 3.63) is 29.8 Å². The van der Waals surface area contributed by atoms with Crippen LogP contribution in [0, 0.1) is 6.92 Å². The van der Waals surface area contributed by atoms with Gasteiger partial charge in [0.05, 0.1) is 5.54 Å². The van der Waals surface area contributed by atoms with Gasteiger partial charge >= 0.3 is 0 Å². The van der Waals surface area contributed by atoms with Crippen LogP contribution in [0.4, 0.5) is 5.69 Å². The van der Waals surface area contributed by atoms with Crippen molar-refractivity contribution >= 4 is 11.6 Å². The van der Waals surface area contributed by atoms with Gasteiger partial charge in [0.25, 0.3) is 0 Å². The Bertz CT molecular complexity index is 454. The van der Waals surface area contributed by atoms with Gasteiger partial charge in [0.15, 0.2) is 0 Å². The number of amides is 1. The van der Waals surface area contributed by atoms with Crippen molar-refractivity contribution in [2.24, 2.45) is 0 Å². The van der Waals surface area contributed by atoms with E-state index in [4.69, 9.17) is 5.11 Å². The number of aliphatic hydroxyl groups is 1. The van der Waals surface area contributed by atoms with Gasteiger partial charge < -0.3 is 15.3 Å². The molecule has 0 spiro atoms. The number of rotatable bonds is 3. The van der Waals surface area contributed by atoms with Crippen molar-refractivity contribution in [2.75, 3.05) is 18.1 Å². The second-order valence-corrected chi connectivity index (χ2v) is 5.86. The van der Waals surface area contributed by atoms with Gasteiger partial charge in [-0.25, -0.2) is 0 Å². The lowest BCUT2D eigenvalue weighted by Gasteiger charge is -2.44. The molecule has 2 N–H and O–H groups in total. The van der Waals surface area contributed by atoms with Gasteiger partial charge in [-0.3, -0.25) is 4.79 Å². The molecule has 1 aromatic rings. The minimum absolute atomic E-state index is 0.00845. The number of aryl methyl sites for hydroxylation is 1. The predicted octanol–water partition coefficient (Wildman–Crippen LogP) is 1.46. The van der Waals surface area contributed by atoms with Crippen molar-refractivity contribution in [3.8, 4) is 0 Å². The van der Waals surface area contributed by atoms with Crippen LogP contribution in [0.3, 0.4) is 0 Å². The number of piperazine rings is 1. The molecule has 104 valence electrons. The molecule has 1 aliphatic heterocycles. The van der Waals surface area contributed by atoms with Crippen molar-refractivity contribution in [3.63, 3.8) is 0 Å². The maximum Gasteiger partial charge on any atom is 0.243 e. The first-order valence-electron chi connectivity index (χ1n) is 6.69. The summed E-state index contributed by atoms with van der Waals surface area (Å²) in [6.07, 6.45) is 0.454. The average Bonchev–Trinajstić information content (AvgIpc) is 2.33. The number of aliphatic hydroxyl groups excluding tert-OH is 1. The first kappa shape index (κ1) is 13.9. The van der Waals surface area contributed by atoms with Crippen LogP contribution >= 0.6 is 0 Å². The Labute approximate surface area is 114 Å². The molecule has 4 nitrogen and oxygen atoms in total. The predicted molar refractivity (Wildman–Crippen MR) is 76.2 cm³/mol. The number of benzene rings is 1. The molecular weight excluding hydrogens is 240 g/mol. The molecule has 2 rings (SSSR count). The van der Waals surface area contributed by atoms with Gasteiger partial charge in [-0.2, -0.15) is 0 Å². The Morgan fingerprint density at radius 2 is 2.00 bits per heavy atom. The molecule has 1 saturated heterocycles. The summed E-state index contributed by atoms with van der Waals surface area (Å²) < 4.78 is 0. The smallest absolute Gasteiger partial charge is 0.243 e. The first-order chi connectivity index (χ1) is 8.93. The summed E-state index contributed by atoms with van der Waals surface area (Å²) in [5.74, 6) is -0.00845. The van der Waals surface area contributed by atoms with Crippen LogP contribution in [0.1, 0.15) is 25.8 Å².